The largest absolute Gasteiger partial charge is 0.337 e. The van der Waals surface area contributed by atoms with E-state index < -0.39 is 0 Å². The van der Waals surface area contributed by atoms with Gasteiger partial charge in [0.2, 0.25) is 5.91 Å². The minimum atomic E-state index is 0.239. The number of hydrogen-bond donors (Lipinski definition) is 0. The van der Waals surface area contributed by atoms with Crippen LogP contribution in [0.15, 0.2) is 24.3 Å². The van der Waals surface area contributed by atoms with E-state index in [1.165, 1.54) is 11.1 Å². The Hall–Kier alpha value is -0.960. The van der Waals surface area contributed by atoms with Gasteiger partial charge in [-0.2, -0.15) is 0 Å². The molecular weight excluding hydrogens is 254 g/mol. The molecule has 1 aromatic carbocycles. The number of hydrogen-bond acceptors (Lipinski definition) is 2. The van der Waals surface area contributed by atoms with Crippen molar-refractivity contribution in [3.8, 4) is 0 Å². The van der Waals surface area contributed by atoms with Crippen LogP contribution in [-0.2, 0) is 10.5 Å². The highest BCUT2D eigenvalue weighted by Gasteiger charge is 2.19. The van der Waals surface area contributed by atoms with Gasteiger partial charge in [-0.15, -0.1) is 11.8 Å². The molecule has 19 heavy (non-hydrogen) atoms. The smallest absolute Gasteiger partial charge is 0.233 e. The van der Waals surface area contributed by atoms with Gasteiger partial charge in [0.05, 0.1) is 5.75 Å². The quantitative estimate of drug-likeness (QED) is 0.788. The van der Waals surface area contributed by atoms with Crippen molar-refractivity contribution >= 4 is 17.7 Å². The summed E-state index contributed by atoms with van der Waals surface area (Å²) in [5.74, 6) is 1.70. The van der Waals surface area contributed by atoms with Gasteiger partial charge in [0.15, 0.2) is 0 Å². The summed E-state index contributed by atoms with van der Waals surface area (Å²) in [6.07, 6.45) is 0. The van der Waals surface area contributed by atoms with Gasteiger partial charge in [-0.3, -0.25) is 4.79 Å². The summed E-state index contributed by atoms with van der Waals surface area (Å²) < 4.78 is 0. The van der Waals surface area contributed by atoms with Gasteiger partial charge in [-0.05, 0) is 40.2 Å². The highest BCUT2D eigenvalue weighted by molar-refractivity contribution is 7.99. The molecule has 0 N–H and O–H groups in total. The molecule has 0 bridgehead atoms. The van der Waals surface area contributed by atoms with Gasteiger partial charge in [0.25, 0.3) is 0 Å². The Balaban J connectivity index is 2.46. The van der Waals surface area contributed by atoms with Crippen LogP contribution in [0.3, 0.4) is 0 Å². The zero-order chi connectivity index (χ0) is 14.4. The fourth-order valence-electron chi connectivity index (χ4n) is 2.30. The Bertz CT molecular complexity index is 407. The van der Waals surface area contributed by atoms with Gasteiger partial charge in [-0.25, -0.2) is 0 Å². The van der Waals surface area contributed by atoms with Crippen LogP contribution in [0.2, 0.25) is 0 Å². The van der Waals surface area contributed by atoms with E-state index in [4.69, 9.17) is 0 Å². The number of aryl methyl sites for hydroxylation is 1. The molecule has 0 saturated heterocycles. The maximum atomic E-state index is 12.2. The molecule has 1 amide bonds. The zero-order valence-electron chi connectivity index (χ0n) is 12.6. The normalized spacial score (nSPS) is 11.1. The van der Waals surface area contributed by atoms with Crippen molar-refractivity contribution in [2.75, 3.05) is 5.75 Å². The third-order valence-electron chi connectivity index (χ3n) is 2.98. The molecule has 2 nitrogen and oxygen atoms in total. The molecule has 0 radical (unpaired) electrons. The van der Waals surface area contributed by atoms with Crippen LogP contribution in [0, 0.1) is 6.92 Å². The van der Waals surface area contributed by atoms with E-state index in [-0.39, 0.29) is 18.0 Å². The lowest BCUT2D eigenvalue weighted by molar-refractivity contribution is -0.131. The molecule has 0 saturated carbocycles. The van der Waals surface area contributed by atoms with E-state index in [0.29, 0.717) is 5.75 Å². The number of carbonyl (C=O) groups is 1. The summed E-state index contributed by atoms with van der Waals surface area (Å²) in [4.78, 5) is 14.1. The Kier molecular flexibility index (Phi) is 6.43. The van der Waals surface area contributed by atoms with Crippen LogP contribution in [0.25, 0.3) is 0 Å². The van der Waals surface area contributed by atoms with Crippen LogP contribution in [-0.4, -0.2) is 28.6 Å². The van der Waals surface area contributed by atoms with Crippen LogP contribution in [0.4, 0.5) is 0 Å². The van der Waals surface area contributed by atoms with Crippen LogP contribution < -0.4 is 0 Å². The summed E-state index contributed by atoms with van der Waals surface area (Å²) in [6, 6.07) is 9.01. The lowest BCUT2D eigenvalue weighted by atomic mass is 10.2. The van der Waals surface area contributed by atoms with Gasteiger partial charge >= 0.3 is 0 Å². The van der Waals surface area contributed by atoms with Crippen molar-refractivity contribution in [1.29, 1.82) is 0 Å². The molecular formula is C16H25NOS. The molecule has 1 aromatic rings. The molecule has 3 heteroatoms. The lowest BCUT2D eigenvalue weighted by Crippen LogP contribution is -2.43. The zero-order valence-corrected chi connectivity index (χ0v) is 13.5. The SMILES string of the molecule is Cc1cccc(CSCC(=O)N(C(C)C)C(C)C)c1. The number of carbonyl (C=O) groups excluding carboxylic acids is 1. The first-order valence-corrected chi connectivity index (χ1v) is 8.01. The van der Waals surface area contributed by atoms with E-state index in [9.17, 15) is 4.79 Å². The van der Waals surface area contributed by atoms with Crippen molar-refractivity contribution in [2.24, 2.45) is 0 Å². The van der Waals surface area contributed by atoms with Crippen molar-refractivity contribution in [1.82, 2.24) is 4.90 Å². The van der Waals surface area contributed by atoms with Gasteiger partial charge in [-0.1, -0.05) is 29.8 Å². The summed E-state index contributed by atoms with van der Waals surface area (Å²) in [5, 5.41) is 0. The second kappa shape index (κ2) is 7.59. The monoisotopic (exact) mass is 279 g/mol. The van der Waals surface area contributed by atoms with E-state index >= 15 is 0 Å². The number of nitrogens with zero attached hydrogens (tertiary/aromatic N) is 1. The number of thioether (sulfide) groups is 1. The van der Waals surface area contributed by atoms with E-state index in [1.54, 1.807) is 11.8 Å². The fraction of sp³-hybridized carbons (Fsp3) is 0.562. The van der Waals surface area contributed by atoms with E-state index in [2.05, 4.69) is 58.9 Å². The van der Waals surface area contributed by atoms with Gasteiger partial charge in [0, 0.05) is 17.8 Å². The van der Waals surface area contributed by atoms with Crippen molar-refractivity contribution in [2.45, 2.75) is 52.5 Å². The number of amides is 1. The van der Waals surface area contributed by atoms with Crippen LogP contribution in [0.5, 0.6) is 0 Å². The first-order valence-electron chi connectivity index (χ1n) is 6.86. The molecule has 0 aliphatic heterocycles. The van der Waals surface area contributed by atoms with Crippen LogP contribution in [0.1, 0.15) is 38.8 Å². The van der Waals surface area contributed by atoms with Crippen molar-refractivity contribution in [3.63, 3.8) is 0 Å². The van der Waals surface area contributed by atoms with E-state index in [0.717, 1.165) is 5.75 Å². The Labute approximate surface area is 121 Å². The molecule has 0 aromatic heterocycles. The predicted molar refractivity (Wildman–Crippen MR) is 84.5 cm³/mol. The first-order chi connectivity index (χ1) is 8.91. The predicted octanol–water partition coefficient (Wildman–Crippen LogP) is 3.87. The molecule has 106 valence electrons. The first kappa shape index (κ1) is 16.1. The molecule has 0 atom stereocenters. The fourth-order valence-corrected chi connectivity index (χ4v) is 3.15. The number of rotatable bonds is 6. The third kappa shape index (κ3) is 5.27. The third-order valence-corrected chi connectivity index (χ3v) is 3.97. The van der Waals surface area contributed by atoms with Crippen molar-refractivity contribution < 1.29 is 4.79 Å². The minimum absolute atomic E-state index is 0.239. The maximum Gasteiger partial charge on any atom is 0.233 e. The maximum absolute atomic E-state index is 12.2. The highest BCUT2D eigenvalue weighted by Crippen LogP contribution is 2.15. The molecule has 0 heterocycles. The van der Waals surface area contributed by atoms with E-state index in [1.807, 2.05) is 4.90 Å². The molecule has 0 aliphatic rings. The average Bonchev–Trinajstić information content (AvgIpc) is 2.27. The number of benzene rings is 1. The summed E-state index contributed by atoms with van der Waals surface area (Å²) >= 11 is 1.70. The molecule has 0 fully saturated rings. The summed E-state index contributed by atoms with van der Waals surface area (Å²) in [7, 11) is 0. The second-order valence-corrected chi connectivity index (χ2v) is 6.46. The topological polar surface area (TPSA) is 20.3 Å². The minimum Gasteiger partial charge on any atom is -0.337 e. The molecule has 0 unspecified atom stereocenters. The van der Waals surface area contributed by atoms with Crippen molar-refractivity contribution in [3.05, 3.63) is 35.4 Å². The second-order valence-electron chi connectivity index (χ2n) is 5.47. The molecule has 0 aliphatic carbocycles. The average molecular weight is 279 g/mol. The Morgan fingerprint density at radius 2 is 1.84 bits per heavy atom. The van der Waals surface area contributed by atoms with Gasteiger partial charge < -0.3 is 4.90 Å². The summed E-state index contributed by atoms with van der Waals surface area (Å²) in [5.41, 5.74) is 2.56. The Morgan fingerprint density at radius 3 is 2.37 bits per heavy atom. The Morgan fingerprint density at radius 1 is 1.21 bits per heavy atom. The molecule has 0 spiro atoms. The van der Waals surface area contributed by atoms with Gasteiger partial charge in [0.1, 0.15) is 0 Å². The lowest BCUT2D eigenvalue weighted by Gasteiger charge is -2.30. The van der Waals surface area contributed by atoms with Crippen LogP contribution >= 0.6 is 11.8 Å². The summed E-state index contributed by atoms with van der Waals surface area (Å²) in [6.45, 7) is 10.4. The highest BCUT2D eigenvalue weighted by atomic mass is 32.2. The standard InChI is InChI=1S/C16H25NOS/c1-12(2)17(13(3)4)16(18)11-19-10-15-8-6-7-14(5)9-15/h6-9,12-13H,10-11H2,1-5H3. The molecule has 1 rings (SSSR count).